The summed E-state index contributed by atoms with van der Waals surface area (Å²) in [6, 6.07) is 0.879. The van der Waals surface area contributed by atoms with Gasteiger partial charge in [0, 0.05) is 37.7 Å². The molecule has 186 valence electrons. The van der Waals surface area contributed by atoms with Gasteiger partial charge in [0.25, 0.3) is 5.92 Å². The first-order chi connectivity index (χ1) is 16.0. The Morgan fingerprint density at radius 3 is 2.71 bits per heavy atom. The summed E-state index contributed by atoms with van der Waals surface area (Å²) in [5.74, 6) is -7.49. The smallest absolute Gasteiger partial charge is 0.411 e. The summed E-state index contributed by atoms with van der Waals surface area (Å²) in [4.78, 5) is 28.5. The van der Waals surface area contributed by atoms with Gasteiger partial charge in [-0.05, 0) is 18.8 Å². The molecule has 4 rings (SSSR count). The molecule has 1 unspecified atom stereocenters. The van der Waals surface area contributed by atoms with E-state index in [1.54, 1.807) is 6.20 Å². The lowest BCUT2D eigenvalue weighted by Gasteiger charge is -2.31. The highest BCUT2D eigenvalue weighted by atomic mass is 19.3. The van der Waals surface area contributed by atoms with Crippen LogP contribution < -0.4 is 16.4 Å². The molecule has 2 atom stereocenters. The van der Waals surface area contributed by atoms with Crippen molar-refractivity contribution >= 4 is 23.3 Å². The zero-order valence-corrected chi connectivity index (χ0v) is 18.5. The summed E-state index contributed by atoms with van der Waals surface area (Å²) < 4.78 is 60.7. The van der Waals surface area contributed by atoms with Crippen LogP contribution in [0.15, 0.2) is 12.3 Å². The Morgan fingerprint density at radius 1 is 1.32 bits per heavy atom. The van der Waals surface area contributed by atoms with Crippen LogP contribution in [0.1, 0.15) is 49.5 Å². The third kappa shape index (κ3) is 5.24. The monoisotopic (exact) mass is 486 g/mol. The van der Waals surface area contributed by atoms with Gasteiger partial charge in [0.15, 0.2) is 5.65 Å². The van der Waals surface area contributed by atoms with Gasteiger partial charge in [-0.25, -0.2) is 31.9 Å². The highest BCUT2D eigenvalue weighted by molar-refractivity contribution is 5.86. The summed E-state index contributed by atoms with van der Waals surface area (Å²) in [5.41, 5.74) is 7.41. The highest BCUT2D eigenvalue weighted by Gasteiger charge is 2.41. The molecule has 0 spiro atoms. The molecule has 13 heteroatoms. The number of ether oxygens (including phenoxy) is 1. The molecule has 9 nitrogen and oxygen atoms in total. The van der Waals surface area contributed by atoms with E-state index in [1.165, 1.54) is 10.6 Å². The molecule has 0 radical (unpaired) electrons. The van der Waals surface area contributed by atoms with Crippen LogP contribution in [0.4, 0.5) is 28.0 Å². The normalized spacial score (nSPS) is 23.4. The minimum atomic E-state index is -3.05. The number of carbonyl (C=O) groups excluding carboxylic acids is 2. The third-order valence-electron chi connectivity index (χ3n) is 6.46. The highest BCUT2D eigenvalue weighted by Crippen LogP contribution is 2.40. The maximum atomic E-state index is 13.9. The first-order valence-corrected chi connectivity index (χ1v) is 11.0. The minimum absolute atomic E-state index is 0.157. The first kappa shape index (κ1) is 24.2. The molecule has 34 heavy (non-hydrogen) atoms. The van der Waals surface area contributed by atoms with Crippen molar-refractivity contribution in [3.8, 4) is 0 Å². The van der Waals surface area contributed by atoms with E-state index in [-0.39, 0.29) is 49.4 Å². The van der Waals surface area contributed by atoms with Gasteiger partial charge in [0.05, 0.1) is 43.0 Å². The van der Waals surface area contributed by atoms with Crippen molar-refractivity contribution in [2.45, 2.75) is 56.4 Å². The molecule has 4 N–H and O–H groups in total. The Morgan fingerprint density at radius 2 is 2.03 bits per heavy atom. The van der Waals surface area contributed by atoms with Gasteiger partial charge < -0.3 is 15.8 Å². The number of rotatable bonds is 5. The van der Waals surface area contributed by atoms with Gasteiger partial charge in [-0.3, -0.25) is 10.1 Å². The van der Waals surface area contributed by atoms with Crippen molar-refractivity contribution in [1.82, 2.24) is 19.9 Å². The van der Waals surface area contributed by atoms with Crippen molar-refractivity contribution in [3.05, 3.63) is 23.7 Å². The van der Waals surface area contributed by atoms with E-state index < -0.39 is 48.8 Å². The Hall–Kier alpha value is -2.96. The Balaban J connectivity index is 1.62. The lowest BCUT2D eigenvalue weighted by atomic mass is 9.81. The summed E-state index contributed by atoms with van der Waals surface area (Å²) in [6.07, 6.45) is -0.00551. The standard InChI is InChI=1S/C21H26F4N6O3/c1-34-19(33)29-13-7-16-28-15(17(26)11-2-4-20(22,23)5-3-11)9-31(16)30-14(13)6-12-8-21(24,25)10-27-18(12)32/h7,9,11-12,17H,2-6,8,10,26H2,1H3,(H,27,32)(H,29,33)/t12?,17-/m0/s1. The molecule has 1 aliphatic carbocycles. The number of carbonyl (C=O) groups is 2. The summed E-state index contributed by atoms with van der Waals surface area (Å²) in [5, 5.41) is 9.07. The number of hydrogen-bond donors (Lipinski definition) is 3. The fourth-order valence-electron chi connectivity index (χ4n) is 4.51. The topological polar surface area (TPSA) is 124 Å². The molecule has 1 saturated heterocycles. The molecule has 2 fully saturated rings. The molecule has 2 aliphatic rings. The van der Waals surface area contributed by atoms with Crippen LogP contribution in [0.2, 0.25) is 0 Å². The van der Waals surface area contributed by atoms with E-state index in [2.05, 4.69) is 25.5 Å². The van der Waals surface area contributed by atoms with E-state index >= 15 is 0 Å². The number of nitrogens with one attached hydrogen (secondary N) is 2. The van der Waals surface area contributed by atoms with Crippen LogP contribution in [0.25, 0.3) is 5.65 Å². The summed E-state index contributed by atoms with van der Waals surface area (Å²) in [6.45, 7) is -0.724. The minimum Gasteiger partial charge on any atom is -0.453 e. The van der Waals surface area contributed by atoms with E-state index in [4.69, 9.17) is 5.73 Å². The quantitative estimate of drug-likeness (QED) is 0.558. The number of nitrogens with zero attached hydrogens (tertiary/aromatic N) is 3. The number of anilines is 1. The van der Waals surface area contributed by atoms with Crippen molar-refractivity contribution in [3.63, 3.8) is 0 Å². The Labute approximate surface area is 192 Å². The first-order valence-electron chi connectivity index (χ1n) is 11.0. The molecule has 2 aromatic rings. The molecular weight excluding hydrogens is 460 g/mol. The Kier molecular flexibility index (Phi) is 6.40. The van der Waals surface area contributed by atoms with E-state index in [9.17, 15) is 27.2 Å². The second-order valence-electron chi connectivity index (χ2n) is 8.99. The zero-order chi connectivity index (χ0) is 24.7. The number of fused-ring (bicyclic) bond motifs is 1. The van der Waals surface area contributed by atoms with Gasteiger partial charge in [0.1, 0.15) is 0 Å². The van der Waals surface area contributed by atoms with Gasteiger partial charge in [-0.2, -0.15) is 5.10 Å². The van der Waals surface area contributed by atoms with Crippen molar-refractivity contribution in [1.29, 1.82) is 0 Å². The maximum Gasteiger partial charge on any atom is 0.411 e. The van der Waals surface area contributed by atoms with Crippen LogP contribution in [0.5, 0.6) is 0 Å². The van der Waals surface area contributed by atoms with Crippen LogP contribution in [-0.2, 0) is 16.0 Å². The van der Waals surface area contributed by atoms with Crippen molar-refractivity contribution in [2.75, 3.05) is 19.0 Å². The molecule has 2 aromatic heterocycles. The predicted molar refractivity (Wildman–Crippen MR) is 113 cm³/mol. The number of halogens is 4. The maximum absolute atomic E-state index is 13.9. The van der Waals surface area contributed by atoms with Gasteiger partial charge >= 0.3 is 6.09 Å². The van der Waals surface area contributed by atoms with Crippen LogP contribution >= 0.6 is 0 Å². The molecule has 3 heterocycles. The molecule has 1 aliphatic heterocycles. The number of piperidine rings is 1. The number of amides is 2. The van der Waals surface area contributed by atoms with Gasteiger partial charge in [-0.15, -0.1) is 0 Å². The molecule has 0 aromatic carbocycles. The second kappa shape index (κ2) is 9.01. The number of methoxy groups -OCH3 is 1. The summed E-state index contributed by atoms with van der Waals surface area (Å²) in [7, 11) is 1.16. The predicted octanol–water partition coefficient (Wildman–Crippen LogP) is 3.05. The van der Waals surface area contributed by atoms with E-state index in [1.807, 2.05) is 0 Å². The molecule has 1 saturated carbocycles. The van der Waals surface area contributed by atoms with Crippen LogP contribution in [-0.4, -0.2) is 52.1 Å². The SMILES string of the molecule is COC(=O)Nc1cc2nc([C@@H](N)C3CCC(F)(F)CC3)cn2nc1CC1CC(F)(F)CNC1=O. The summed E-state index contributed by atoms with van der Waals surface area (Å²) >= 11 is 0. The fraction of sp³-hybridized carbons (Fsp3) is 0.619. The number of imidazole rings is 1. The molecule has 0 bridgehead atoms. The molecule has 2 amide bonds. The van der Waals surface area contributed by atoms with E-state index in [0.717, 1.165) is 7.11 Å². The second-order valence-corrected chi connectivity index (χ2v) is 8.99. The third-order valence-corrected chi connectivity index (χ3v) is 6.46. The van der Waals surface area contributed by atoms with Crippen LogP contribution in [0, 0.1) is 11.8 Å². The zero-order valence-electron chi connectivity index (χ0n) is 18.5. The number of nitrogens with two attached hydrogens (primary N) is 1. The van der Waals surface area contributed by atoms with E-state index in [0.29, 0.717) is 11.3 Å². The lowest BCUT2D eigenvalue weighted by molar-refractivity contribution is -0.136. The number of alkyl halides is 4. The average Bonchev–Trinajstić information content (AvgIpc) is 3.18. The average molecular weight is 486 g/mol. The lowest BCUT2D eigenvalue weighted by Crippen LogP contribution is -2.48. The van der Waals surface area contributed by atoms with Crippen molar-refractivity contribution in [2.24, 2.45) is 17.6 Å². The molecular formula is C21H26F4N6O3. The van der Waals surface area contributed by atoms with Gasteiger partial charge in [0.2, 0.25) is 11.8 Å². The van der Waals surface area contributed by atoms with Crippen LogP contribution in [0.3, 0.4) is 0 Å². The Bertz CT molecular complexity index is 1080. The van der Waals surface area contributed by atoms with Gasteiger partial charge in [-0.1, -0.05) is 0 Å². The fourth-order valence-corrected chi connectivity index (χ4v) is 4.51. The number of hydrogen-bond acceptors (Lipinski definition) is 6. The number of aromatic nitrogens is 3. The largest absolute Gasteiger partial charge is 0.453 e. The van der Waals surface area contributed by atoms with Crippen molar-refractivity contribution < 1.29 is 31.9 Å².